The molecule has 1 saturated carbocycles. The molecule has 1 heterocycles. The molecule has 3 rings (SSSR count). The van der Waals surface area contributed by atoms with Gasteiger partial charge in [0.2, 0.25) is 0 Å². The topological polar surface area (TPSA) is 71.5 Å². The molecule has 1 amide bonds. The average Bonchev–Trinajstić information content (AvgIpc) is 3.34. The van der Waals surface area contributed by atoms with Crippen LogP contribution < -0.4 is 10.1 Å². The average molecular weight is 347 g/mol. The number of aryl methyl sites for hydroxylation is 1. The lowest BCUT2D eigenvalue weighted by molar-refractivity contribution is 0.184. The predicted molar refractivity (Wildman–Crippen MR) is 92.6 cm³/mol. The molecule has 1 aliphatic rings. The van der Waals surface area contributed by atoms with Crippen molar-refractivity contribution in [1.29, 1.82) is 0 Å². The Hall–Kier alpha value is -2.27. The number of hydrogen-bond acceptors (Lipinski definition) is 3. The van der Waals surface area contributed by atoms with E-state index in [4.69, 9.17) is 21.4 Å². The van der Waals surface area contributed by atoms with Crippen molar-refractivity contribution in [2.45, 2.75) is 19.8 Å². The van der Waals surface area contributed by atoms with E-state index in [0.29, 0.717) is 24.1 Å². The van der Waals surface area contributed by atoms with Crippen molar-refractivity contribution in [2.24, 2.45) is 5.41 Å². The molecule has 0 spiro atoms. The van der Waals surface area contributed by atoms with Crippen molar-refractivity contribution in [2.75, 3.05) is 13.2 Å². The number of pyridine rings is 1. The van der Waals surface area contributed by atoms with E-state index in [1.54, 1.807) is 6.20 Å². The molecule has 24 heavy (non-hydrogen) atoms. The maximum Gasteiger partial charge on any atom is 0.404 e. The van der Waals surface area contributed by atoms with E-state index in [-0.39, 0.29) is 5.41 Å². The van der Waals surface area contributed by atoms with Crippen LogP contribution in [0.2, 0.25) is 5.15 Å². The molecule has 0 radical (unpaired) electrons. The molecular formula is C18H19ClN2O3. The summed E-state index contributed by atoms with van der Waals surface area (Å²) in [5.41, 5.74) is 2.89. The number of hydrogen-bond donors (Lipinski definition) is 2. The number of nitrogens with one attached hydrogen (secondary N) is 1. The van der Waals surface area contributed by atoms with Crippen molar-refractivity contribution in [3.63, 3.8) is 0 Å². The zero-order valence-corrected chi connectivity index (χ0v) is 14.1. The van der Waals surface area contributed by atoms with E-state index >= 15 is 0 Å². The van der Waals surface area contributed by atoms with Crippen LogP contribution >= 0.6 is 11.6 Å². The maximum absolute atomic E-state index is 10.6. The van der Waals surface area contributed by atoms with Gasteiger partial charge in [-0.05, 0) is 31.4 Å². The molecule has 0 atom stereocenters. The summed E-state index contributed by atoms with van der Waals surface area (Å²) in [6.07, 6.45) is 2.51. The van der Waals surface area contributed by atoms with Gasteiger partial charge in [0.05, 0.1) is 12.8 Å². The predicted octanol–water partition coefficient (Wildman–Crippen LogP) is 4.14. The Bertz CT molecular complexity index is 742. The number of ether oxygens (including phenoxy) is 1. The Balaban J connectivity index is 1.70. The van der Waals surface area contributed by atoms with Crippen LogP contribution in [0.5, 0.6) is 5.75 Å². The van der Waals surface area contributed by atoms with Gasteiger partial charge >= 0.3 is 6.09 Å². The molecule has 6 heteroatoms. The highest BCUT2D eigenvalue weighted by Gasteiger charge is 2.43. The molecule has 0 unspecified atom stereocenters. The van der Waals surface area contributed by atoms with Gasteiger partial charge < -0.3 is 15.2 Å². The molecule has 0 bridgehead atoms. The van der Waals surface area contributed by atoms with Crippen LogP contribution in [0.25, 0.3) is 11.1 Å². The molecule has 1 aromatic heterocycles. The summed E-state index contributed by atoms with van der Waals surface area (Å²) in [5.74, 6) is 0.636. The van der Waals surface area contributed by atoms with E-state index < -0.39 is 6.09 Å². The van der Waals surface area contributed by atoms with Gasteiger partial charge in [0.15, 0.2) is 0 Å². The fourth-order valence-electron chi connectivity index (χ4n) is 2.49. The Kier molecular flexibility index (Phi) is 4.62. The molecule has 1 fully saturated rings. The third kappa shape index (κ3) is 3.97. The second kappa shape index (κ2) is 6.69. The highest BCUT2D eigenvalue weighted by molar-refractivity contribution is 6.32. The van der Waals surface area contributed by atoms with Gasteiger partial charge in [-0.25, -0.2) is 9.78 Å². The molecule has 1 aromatic carbocycles. The van der Waals surface area contributed by atoms with Crippen LogP contribution in [0.3, 0.4) is 0 Å². The zero-order chi connectivity index (χ0) is 17.2. The smallest absolute Gasteiger partial charge is 0.404 e. The van der Waals surface area contributed by atoms with Gasteiger partial charge in [0.25, 0.3) is 0 Å². The van der Waals surface area contributed by atoms with Crippen LogP contribution in [0.1, 0.15) is 18.4 Å². The number of carboxylic acid groups (broad SMARTS) is 1. The van der Waals surface area contributed by atoms with Gasteiger partial charge in [-0.3, -0.25) is 0 Å². The van der Waals surface area contributed by atoms with Crippen molar-refractivity contribution in [3.8, 4) is 16.9 Å². The van der Waals surface area contributed by atoms with Crippen LogP contribution in [0, 0.1) is 12.3 Å². The fraction of sp³-hybridized carbons (Fsp3) is 0.333. The van der Waals surface area contributed by atoms with Crippen LogP contribution in [-0.2, 0) is 0 Å². The third-order valence-electron chi connectivity index (χ3n) is 4.29. The van der Waals surface area contributed by atoms with Gasteiger partial charge in [-0.2, -0.15) is 0 Å². The van der Waals surface area contributed by atoms with E-state index in [1.807, 2.05) is 37.3 Å². The Labute approximate surface area is 145 Å². The molecule has 0 aliphatic heterocycles. The lowest BCUT2D eigenvalue weighted by atomic mass is 10.1. The minimum Gasteiger partial charge on any atom is -0.491 e. The van der Waals surface area contributed by atoms with Gasteiger partial charge in [0.1, 0.15) is 10.9 Å². The molecule has 2 N–H and O–H groups in total. The lowest BCUT2D eigenvalue weighted by Crippen LogP contribution is -2.31. The van der Waals surface area contributed by atoms with Gasteiger partial charge in [0, 0.05) is 17.5 Å². The van der Waals surface area contributed by atoms with Crippen molar-refractivity contribution in [3.05, 3.63) is 47.2 Å². The summed E-state index contributed by atoms with van der Waals surface area (Å²) in [4.78, 5) is 14.8. The first-order valence-electron chi connectivity index (χ1n) is 7.80. The molecule has 2 aromatic rings. The number of amides is 1. The van der Waals surface area contributed by atoms with Crippen LogP contribution in [0.4, 0.5) is 4.79 Å². The number of aromatic nitrogens is 1. The van der Waals surface area contributed by atoms with Crippen LogP contribution in [-0.4, -0.2) is 29.3 Å². The monoisotopic (exact) mass is 346 g/mol. The second-order valence-corrected chi connectivity index (χ2v) is 6.68. The first-order valence-corrected chi connectivity index (χ1v) is 8.17. The van der Waals surface area contributed by atoms with E-state index in [9.17, 15) is 4.79 Å². The quantitative estimate of drug-likeness (QED) is 0.771. The summed E-state index contributed by atoms with van der Waals surface area (Å²) < 4.78 is 5.85. The normalized spacial score (nSPS) is 14.9. The molecule has 126 valence electrons. The van der Waals surface area contributed by atoms with E-state index in [0.717, 1.165) is 24.0 Å². The number of carbonyl (C=O) groups is 1. The summed E-state index contributed by atoms with van der Waals surface area (Å²) in [5, 5.41) is 11.6. The third-order valence-corrected chi connectivity index (χ3v) is 4.59. The fourth-order valence-corrected chi connectivity index (χ4v) is 2.70. The summed E-state index contributed by atoms with van der Waals surface area (Å²) >= 11 is 6.22. The second-order valence-electron chi connectivity index (χ2n) is 6.32. The molecule has 5 nitrogen and oxygen atoms in total. The van der Waals surface area contributed by atoms with Gasteiger partial charge in [-0.15, -0.1) is 0 Å². The zero-order valence-electron chi connectivity index (χ0n) is 13.4. The van der Waals surface area contributed by atoms with Crippen molar-refractivity contribution >= 4 is 17.7 Å². The maximum atomic E-state index is 10.6. The lowest BCUT2D eigenvalue weighted by Gasteiger charge is -2.16. The Morgan fingerprint density at radius 3 is 2.71 bits per heavy atom. The van der Waals surface area contributed by atoms with E-state index in [1.165, 1.54) is 5.56 Å². The molecule has 1 aliphatic carbocycles. The molecular weight excluding hydrogens is 328 g/mol. The highest BCUT2D eigenvalue weighted by atomic mass is 35.5. The van der Waals surface area contributed by atoms with E-state index in [2.05, 4.69) is 10.3 Å². The Morgan fingerprint density at radius 1 is 1.38 bits per heavy atom. The SMILES string of the molecule is Cc1ccc(-c2cc(OCC3(CNC(=O)O)CC3)cnc2Cl)cc1. The number of rotatable bonds is 6. The van der Waals surface area contributed by atoms with Crippen LogP contribution in [0.15, 0.2) is 36.5 Å². The molecule has 0 saturated heterocycles. The number of benzene rings is 1. The summed E-state index contributed by atoms with van der Waals surface area (Å²) in [7, 11) is 0. The largest absolute Gasteiger partial charge is 0.491 e. The first kappa shape index (κ1) is 16.6. The summed E-state index contributed by atoms with van der Waals surface area (Å²) in [6.45, 7) is 2.90. The minimum absolute atomic E-state index is 0.0952. The highest BCUT2D eigenvalue weighted by Crippen LogP contribution is 2.45. The van der Waals surface area contributed by atoms with Crippen molar-refractivity contribution < 1.29 is 14.6 Å². The standard InChI is InChI=1S/C18H19ClN2O3/c1-12-2-4-13(5-3-12)15-8-14(9-20-16(15)19)24-11-18(6-7-18)10-21-17(22)23/h2-5,8-9,21H,6-7,10-11H2,1H3,(H,22,23). The summed E-state index contributed by atoms with van der Waals surface area (Å²) in [6, 6.07) is 9.93. The first-order chi connectivity index (χ1) is 11.5. The minimum atomic E-state index is -1.00. The Morgan fingerprint density at radius 2 is 2.08 bits per heavy atom. The van der Waals surface area contributed by atoms with Crippen molar-refractivity contribution in [1.82, 2.24) is 10.3 Å². The van der Waals surface area contributed by atoms with Gasteiger partial charge in [-0.1, -0.05) is 41.4 Å². The number of halogens is 1. The number of nitrogens with zero attached hydrogens (tertiary/aromatic N) is 1.